The minimum Gasteiger partial charge on any atom is -0.385 e. The fraction of sp³-hybridized carbons (Fsp3) is 0.500. The fourth-order valence-electron chi connectivity index (χ4n) is 1.86. The number of hydrogen-bond acceptors (Lipinski definition) is 2. The van der Waals surface area contributed by atoms with Crippen molar-refractivity contribution in [3.8, 4) is 0 Å². The topological polar surface area (TPSA) is 21.3 Å². The van der Waals surface area contributed by atoms with Crippen LogP contribution in [0.4, 0.5) is 18.9 Å². The van der Waals surface area contributed by atoms with Gasteiger partial charge in [0.15, 0.2) is 0 Å². The molecule has 1 heterocycles. The van der Waals surface area contributed by atoms with Crippen LogP contribution in [0.1, 0.15) is 12.0 Å². The average molecular weight is 280 g/mol. The largest absolute Gasteiger partial charge is 0.416 e. The molecule has 0 amide bonds. The highest BCUT2D eigenvalue weighted by Gasteiger charge is 2.31. The molecular weight excluding hydrogens is 267 g/mol. The molecule has 18 heavy (non-hydrogen) atoms. The third-order valence-corrected chi connectivity index (χ3v) is 3.06. The zero-order valence-electron chi connectivity index (χ0n) is 9.56. The molecule has 2 rings (SSSR count). The second-order valence-corrected chi connectivity index (χ2v) is 4.77. The predicted octanol–water partition coefficient (Wildman–Crippen LogP) is 3.81. The summed E-state index contributed by atoms with van der Waals surface area (Å²) in [6.07, 6.45) is -3.45. The summed E-state index contributed by atoms with van der Waals surface area (Å²) >= 11 is 5.69. The maximum Gasteiger partial charge on any atom is 0.416 e. The van der Waals surface area contributed by atoms with Crippen molar-refractivity contribution in [1.29, 1.82) is 0 Å². The van der Waals surface area contributed by atoms with Gasteiger partial charge >= 0.3 is 6.18 Å². The van der Waals surface area contributed by atoms with Crippen LogP contribution in [0.3, 0.4) is 0 Å². The molecule has 0 aliphatic carbocycles. The first kappa shape index (κ1) is 13.5. The summed E-state index contributed by atoms with van der Waals surface area (Å²) in [4.78, 5) is 0. The van der Waals surface area contributed by atoms with Gasteiger partial charge in [-0.15, -0.1) is 0 Å². The van der Waals surface area contributed by atoms with Crippen molar-refractivity contribution in [1.82, 2.24) is 0 Å². The molecule has 1 aromatic rings. The highest BCUT2D eigenvalue weighted by Crippen LogP contribution is 2.33. The Morgan fingerprint density at radius 2 is 2.11 bits per heavy atom. The summed E-state index contributed by atoms with van der Waals surface area (Å²) in [5, 5.41) is 3.05. The molecule has 0 saturated carbocycles. The molecule has 1 saturated heterocycles. The lowest BCUT2D eigenvalue weighted by Crippen LogP contribution is -2.14. The van der Waals surface area contributed by atoms with Gasteiger partial charge in [0.2, 0.25) is 0 Å². The summed E-state index contributed by atoms with van der Waals surface area (Å²) in [6, 6.07) is 3.49. The maximum absolute atomic E-state index is 12.6. The van der Waals surface area contributed by atoms with Crippen molar-refractivity contribution in [2.75, 3.05) is 25.1 Å². The SMILES string of the molecule is FC(F)(F)c1cc(Cl)cc(NCC2CCOC2)c1. The minimum absolute atomic E-state index is 0.0787. The van der Waals surface area contributed by atoms with E-state index >= 15 is 0 Å². The van der Waals surface area contributed by atoms with Crippen molar-refractivity contribution in [2.24, 2.45) is 5.92 Å². The van der Waals surface area contributed by atoms with Crippen LogP contribution in [-0.2, 0) is 10.9 Å². The number of rotatable bonds is 3. The van der Waals surface area contributed by atoms with Crippen LogP contribution < -0.4 is 5.32 Å². The average Bonchev–Trinajstić information content (AvgIpc) is 2.77. The van der Waals surface area contributed by atoms with E-state index in [1.54, 1.807) is 0 Å². The van der Waals surface area contributed by atoms with Crippen LogP contribution in [-0.4, -0.2) is 19.8 Å². The van der Waals surface area contributed by atoms with Crippen molar-refractivity contribution in [3.63, 3.8) is 0 Å². The second-order valence-electron chi connectivity index (χ2n) is 4.34. The van der Waals surface area contributed by atoms with E-state index in [9.17, 15) is 13.2 Å². The lowest BCUT2D eigenvalue weighted by Gasteiger charge is -2.13. The van der Waals surface area contributed by atoms with Crippen LogP contribution in [0, 0.1) is 5.92 Å². The molecule has 1 atom stereocenters. The summed E-state index contributed by atoms with van der Waals surface area (Å²) in [6.45, 7) is 1.97. The van der Waals surface area contributed by atoms with Crippen molar-refractivity contribution in [3.05, 3.63) is 28.8 Å². The van der Waals surface area contributed by atoms with Gasteiger partial charge < -0.3 is 10.1 Å². The van der Waals surface area contributed by atoms with E-state index < -0.39 is 11.7 Å². The van der Waals surface area contributed by atoms with Crippen molar-refractivity contribution >= 4 is 17.3 Å². The zero-order chi connectivity index (χ0) is 13.2. The molecule has 100 valence electrons. The number of ether oxygens (including phenoxy) is 1. The monoisotopic (exact) mass is 279 g/mol. The van der Waals surface area contributed by atoms with E-state index in [0.717, 1.165) is 25.2 Å². The highest BCUT2D eigenvalue weighted by molar-refractivity contribution is 6.30. The third kappa shape index (κ3) is 3.53. The molecule has 0 aromatic heterocycles. The molecule has 0 spiro atoms. The third-order valence-electron chi connectivity index (χ3n) is 2.84. The molecule has 1 unspecified atom stereocenters. The summed E-state index contributed by atoms with van der Waals surface area (Å²) in [5.41, 5.74) is -0.345. The Bertz CT molecular complexity index is 416. The number of nitrogens with one attached hydrogen (secondary N) is 1. The van der Waals surface area contributed by atoms with Crippen LogP contribution in [0.5, 0.6) is 0 Å². The quantitative estimate of drug-likeness (QED) is 0.908. The van der Waals surface area contributed by atoms with Gasteiger partial charge in [-0.3, -0.25) is 0 Å². The highest BCUT2D eigenvalue weighted by atomic mass is 35.5. The van der Waals surface area contributed by atoms with Gasteiger partial charge in [0.05, 0.1) is 12.2 Å². The van der Waals surface area contributed by atoms with Crippen molar-refractivity contribution < 1.29 is 17.9 Å². The Morgan fingerprint density at radius 3 is 2.72 bits per heavy atom. The Hall–Kier alpha value is -0.940. The Morgan fingerprint density at radius 1 is 1.33 bits per heavy atom. The van der Waals surface area contributed by atoms with E-state index in [1.165, 1.54) is 6.07 Å². The van der Waals surface area contributed by atoms with E-state index in [0.29, 0.717) is 24.8 Å². The van der Waals surface area contributed by atoms with Crippen LogP contribution in [0.15, 0.2) is 18.2 Å². The van der Waals surface area contributed by atoms with Crippen LogP contribution in [0.25, 0.3) is 0 Å². The Labute approximate surface area is 108 Å². The molecule has 6 heteroatoms. The predicted molar refractivity (Wildman–Crippen MR) is 63.9 cm³/mol. The molecular formula is C12H13ClF3NO. The van der Waals surface area contributed by atoms with Gasteiger partial charge in [0.25, 0.3) is 0 Å². The lowest BCUT2D eigenvalue weighted by molar-refractivity contribution is -0.137. The number of hydrogen-bond donors (Lipinski definition) is 1. The van der Waals surface area contributed by atoms with Gasteiger partial charge in [-0.1, -0.05) is 11.6 Å². The molecule has 0 radical (unpaired) electrons. The van der Waals surface area contributed by atoms with E-state index in [-0.39, 0.29) is 5.02 Å². The van der Waals surface area contributed by atoms with Gasteiger partial charge in [-0.25, -0.2) is 0 Å². The molecule has 1 aliphatic rings. The van der Waals surface area contributed by atoms with E-state index in [4.69, 9.17) is 16.3 Å². The summed E-state index contributed by atoms with van der Waals surface area (Å²) in [7, 11) is 0. The first-order chi connectivity index (χ1) is 8.45. The molecule has 1 aliphatic heterocycles. The first-order valence-electron chi connectivity index (χ1n) is 5.64. The standard InChI is InChI=1S/C12H13ClF3NO/c13-10-3-9(12(14,15)16)4-11(5-10)17-6-8-1-2-18-7-8/h3-5,8,17H,1-2,6-7H2. The summed E-state index contributed by atoms with van der Waals surface area (Å²) in [5.74, 6) is 0.346. The molecule has 1 fully saturated rings. The van der Waals surface area contributed by atoms with Crippen LogP contribution >= 0.6 is 11.6 Å². The van der Waals surface area contributed by atoms with Gasteiger partial charge in [0.1, 0.15) is 0 Å². The number of anilines is 1. The molecule has 1 aromatic carbocycles. The molecule has 2 nitrogen and oxygen atoms in total. The molecule has 0 bridgehead atoms. The van der Waals surface area contributed by atoms with Crippen molar-refractivity contribution in [2.45, 2.75) is 12.6 Å². The molecule has 1 N–H and O–H groups in total. The number of benzene rings is 1. The normalized spacial score (nSPS) is 20.1. The Balaban J connectivity index is 2.05. The smallest absolute Gasteiger partial charge is 0.385 e. The minimum atomic E-state index is -4.38. The second kappa shape index (κ2) is 5.36. The number of halogens is 4. The van der Waals surface area contributed by atoms with E-state index in [1.807, 2.05) is 0 Å². The lowest BCUT2D eigenvalue weighted by atomic mass is 10.1. The number of alkyl halides is 3. The van der Waals surface area contributed by atoms with Crippen LogP contribution in [0.2, 0.25) is 5.02 Å². The fourth-order valence-corrected chi connectivity index (χ4v) is 2.10. The summed E-state index contributed by atoms with van der Waals surface area (Å²) < 4.78 is 42.9. The first-order valence-corrected chi connectivity index (χ1v) is 6.02. The maximum atomic E-state index is 12.6. The van der Waals surface area contributed by atoms with Gasteiger partial charge in [0, 0.05) is 29.8 Å². The zero-order valence-corrected chi connectivity index (χ0v) is 10.3. The van der Waals surface area contributed by atoms with Gasteiger partial charge in [-0.05, 0) is 24.6 Å². The van der Waals surface area contributed by atoms with E-state index in [2.05, 4.69) is 5.32 Å². The van der Waals surface area contributed by atoms with Gasteiger partial charge in [-0.2, -0.15) is 13.2 Å². The Kier molecular flexibility index (Phi) is 4.02.